The van der Waals surface area contributed by atoms with Gasteiger partial charge in [-0.2, -0.15) is 0 Å². The van der Waals surface area contributed by atoms with E-state index in [2.05, 4.69) is 4.99 Å². The van der Waals surface area contributed by atoms with Gasteiger partial charge in [0, 0.05) is 6.21 Å². The van der Waals surface area contributed by atoms with E-state index in [1.165, 1.54) is 12.3 Å². The molecule has 0 aliphatic carbocycles. The van der Waals surface area contributed by atoms with E-state index in [4.69, 9.17) is 21.4 Å². The van der Waals surface area contributed by atoms with E-state index in [0.717, 1.165) is 0 Å². The van der Waals surface area contributed by atoms with Gasteiger partial charge in [-0.15, -0.1) is 0 Å². The molecular formula is C9H12ClNO3. The molecule has 0 bridgehead atoms. The Hall–Kier alpha value is -0.870. The minimum absolute atomic E-state index is 0.0662. The second-order valence-corrected chi connectivity index (χ2v) is 3.80. The Morgan fingerprint density at radius 2 is 2.43 bits per heavy atom. The Morgan fingerprint density at radius 1 is 1.79 bits per heavy atom. The van der Waals surface area contributed by atoms with Gasteiger partial charge in [0.2, 0.25) is 5.60 Å². The lowest BCUT2D eigenvalue weighted by Crippen LogP contribution is -2.46. The monoisotopic (exact) mass is 217 g/mol. The minimum atomic E-state index is -1.40. The fourth-order valence-corrected chi connectivity index (χ4v) is 1.49. The van der Waals surface area contributed by atoms with Gasteiger partial charge in [-0.05, 0) is 19.9 Å². The summed E-state index contributed by atoms with van der Waals surface area (Å²) in [6.07, 6.45) is 2.61. The van der Waals surface area contributed by atoms with Crippen molar-refractivity contribution in [2.75, 3.05) is 6.54 Å². The molecule has 1 aliphatic heterocycles. The highest BCUT2D eigenvalue weighted by Gasteiger charge is 2.40. The van der Waals surface area contributed by atoms with Crippen LogP contribution in [0.5, 0.6) is 0 Å². The van der Waals surface area contributed by atoms with Gasteiger partial charge in [-0.1, -0.05) is 11.6 Å². The van der Waals surface area contributed by atoms with Crippen LogP contribution in [0.4, 0.5) is 0 Å². The highest BCUT2D eigenvalue weighted by molar-refractivity contribution is 6.39. The van der Waals surface area contributed by atoms with Crippen molar-refractivity contribution in [3.8, 4) is 0 Å². The summed E-state index contributed by atoms with van der Waals surface area (Å²) < 4.78 is 5.34. The summed E-state index contributed by atoms with van der Waals surface area (Å²) in [5.41, 5.74) is -1.40. The fraction of sp³-hybridized carbons (Fsp3) is 0.556. The van der Waals surface area contributed by atoms with Crippen LogP contribution in [0.3, 0.4) is 0 Å². The van der Waals surface area contributed by atoms with Gasteiger partial charge in [0.1, 0.15) is 0 Å². The molecule has 1 unspecified atom stereocenters. The summed E-state index contributed by atoms with van der Waals surface area (Å²) in [7, 11) is 0. The molecular weight excluding hydrogens is 206 g/mol. The predicted molar refractivity (Wildman–Crippen MR) is 53.9 cm³/mol. The molecule has 0 aromatic rings. The third-order valence-electron chi connectivity index (χ3n) is 1.72. The number of allylic oxidation sites excluding steroid dienone is 1. The first-order chi connectivity index (χ1) is 6.46. The number of rotatable bonds is 3. The van der Waals surface area contributed by atoms with Crippen molar-refractivity contribution < 1.29 is 14.6 Å². The first kappa shape index (κ1) is 11.2. The van der Waals surface area contributed by atoms with Gasteiger partial charge in [-0.25, -0.2) is 4.79 Å². The zero-order chi connectivity index (χ0) is 10.8. The number of carboxylic acid groups (broad SMARTS) is 1. The van der Waals surface area contributed by atoms with E-state index in [0.29, 0.717) is 5.03 Å². The summed E-state index contributed by atoms with van der Waals surface area (Å²) in [4.78, 5) is 14.9. The third-order valence-corrected chi connectivity index (χ3v) is 1.93. The smallest absolute Gasteiger partial charge is 0.342 e. The van der Waals surface area contributed by atoms with Crippen LogP contribution < -0.4 is 0 Å². The van der Waals surface area contributed by atoms with Gasteiger partial charge in [0.15, 0.2) is 0 Å². The van der Waals surface area contributed by atoms with Crippen LogP contribution in [0.25, 0.3) is 0 Å². The largest absolute Gasteiger partial charge is 0.479 e. The standard InChI is InChI=1S/C9H12ClNO3/c1-6(2)14-9(8(12)13)3-7(10)4-11-5-9/h3-4,6H,5H2,1-2H3,(H,12,13). The summed E-state index contributed by atoms with van der Waals surface area (Å²) in [5.74, 6) is -1.07. The van der Waals surface area contributed by atoms with Gasteiger partial charge in [0.25, 0.3) is 0 Å². The van der Waals surface area contributed by atoms with Crippen LogP contribution in [0.15, 0.2) is 16.1 Å². The normalized spacial score (nSPS) is 26.4. The number of dihydropyridines is 1. The van der Waals surface area contributed by atoms with E-state index >= 15 is 0 Å². The van der Waals surface area contributed by atoms with Crippen molar-refractivity contribution in [2.45, 2.75) is 25.6 Å². The van der Waals surface area contributed by atoms with Crippen LogP contribution in [0.2, 0.25) is 0 Å². The van der Waals surface area contributed by atoms with Gasteiger partial charge >= 0.3 is 5.97 Å². The summed E-state index contributed by atoms with van der Waals surface area (Å²) in [6, 6.07) is 0. The maximum atomic E-state index is 11.1. The number of hydrogen-bond acceptors (Lipinski definition) is 3. The molecule has 0 amide bonds. The van der Waals surface area contributed by atoms with E-state index in [1.54, 1.807) is 13.8 Å². The molecule has 0 aromatic carbocycles. The Bertz CT molecular complexity index is 298. The second kappa shape index (κ2) is 4.11. The SMILES string of the molecule is CC(C)OC1(C(=O)O)C=C(Cl)C=NC1. The highest BCUT2D eigenvalue weighted by atomic mass is 35.5. The lowest BCUT2D eigenvalue weighted by Gasteiger charge is -2.28. The molecule has 4 nitrogen and oxygen atoms in total. The van der Waals surface area contributed by atoms with Crippen molar-refractivity contribution in [3.05, 3.63) is 11.1 Å². The van der Waals surface area contributed by atoms with Crippen LogP contribution >= 0.6 is 11.6 Å². The molecule has 1 atom stereocenters. The molecule has 0 spiro atoms. The Labute approximate surface area is 87.2 Å². The van der Waals surface area contributed by atoms with E-state index < -0.39 is 11.6 Å². The number of halogens is 1. The maximum Gasteiger partial charge on any atom is 0.342 e. The number of nitrogens with zero attached hydrogens (tertiary/aromatic N) is 1. The number of aliphatic imine (C=N–C) groups is 1. The summed E-state index contributed by atoms with van der Waals surface area (Å²) in [6.45, 7) is 3.60. The number of hydrogen-bond donors (Lipinski definition) is 1. The molecule has 1 heterocycles. The quantitative estimate of drug-likeness (QED) is 0.778. The van der Waals surface area contributed by atoms with Crippen molar-refractivity contribution >= 4 is 23.8 Å². The van der Waals surface area contributed by atoms with E-state index in [9.17, 15) is 4.79 Å². The van der Waals surface area contributed by atoms with Crippen LogP contribution in [-0.2, 0) is 9.53 Å². The number of ether oxygens (including phenoxy) is 1. The molecule has 14 heavy (non-hydrogen) atoms. The molecule has 0 radical (unpaired) electrons. The summed E-state index contributed by atoms with van der Waals surface area (Å²) >= 11 is 5.70. The van der Waals surface area contributed by atoms with Crippen molar-refractivity contribution in [2.24, 2.45) is 4.99 Å². The van der Waals surface area contributed by atoms with Gasteiger partial charge in [-0.3, -0.25) is 4.99 Å². The van der Waals surface area contributed by atoms with Gasteiger partial charge < -0.3 is 9.84 Å². The van der Waals surface area contributed by atoms with Crippen molar-refractivity contribution in [1.82, 2.24) is 0 Å². The van der Waals surface area contributed by atoms with Gasteiger partial charge in [0.05, 0.1) is 17.7 Å². The molecule has 78 valence electrons. The molecule has 1 rings (SSSR count). The number of carbonyl (C=O) groups is 1. The zero-order valence-corrected chi connectivity index (χ0v) is 8.78. The molecule has 1 aliphatic rings. The van der Waals surface area contributed by atoms with Crippen molar-refractivity contribution in [1.29, 1.82) is 0 Å². The molecule has 1 N–H and O–H groups in total. The first-order valence-electron chi connectivity index (χ1n) is 4.26. The zero-order valence-electron chi connectivity index (χ0n) is 8.03. The Kier molecular flexibility index (Phi) is 3.29. The van der Waals surface area contributed by atoms with Crippen LogP contribution in [-0.4, -0.2) is 35.5 Å². The van der Waals surface area contributed by atoms with E-state index in [1.807, 2.05) is 0 Å². The molecule has 0 fully saturated rings. The molecule has 5 heteroatoms. The number of aliphatic carboxylic acids is 1. The topological polar surface area (TPSA) is 58.9 Å². The summed E-state index contributed by atoms with van der Waals surface area (Å²) in [5, 5.41) is 9.34. The molecule has 0 saturated carbocycles. The van der Waals surface area contributed by atoms with Crippen LogP contribution in [0.1, 0.15) is 13.8 Å². The maximum absolute atomic E-state index is 11.1. The molecule has 0 aromatic heterocycles. The average molecular weight is 218 g/mol. The van der Waals surface area contributed by atoms with Crippen LogP contribution in [0, 0.1) is 0 Å². The third kappa shape index (κ3) is 2.33. The predicted octanol–water partition coefficient (Wildman–Crippen LogP) is 1.44. The Balaban J connectivity index is 2.94. The fourth-order valence-electron chi connectivity index (χ4n) is 1.25. The lowest BCUT2D eigenvalue weighted by atomic mass is 10.0. The second-order valence-electron chi connectivity index (χ2n) is 3.36. The highest BCUT2D eigenvalue weighted by Crippen LogP contribution is 2.23. The minimum Gasteiger partial charge on any atom is -0.479 e. The lowest BCUT2D eigenvalue weighted by molar-refractivity contribution is -0.162. The first-order valence-corrected chi connectivity index (χ1v) is 4.63. The Morgan fingerprint density at radius 3 is 2.86 bits per heavy atom. The average Bonchev–Trinajstić information content (AvgIpc) is 2.02. The molecule has 0 saturated heterocycles. The van der Waals surface area contributed by atoms with E-state index in [-0.39, 0.29) is 12.6 Å². The van der Waals surface area contributed by atoms with Crippen molar-refractivity contribution in [3.63, 3.8) is 0 Å². The number of carboxylic acids is 1.